The maximum Gasteiger partial charge on any atom is 0.270 e. The van der Waals surface area contributed by atoms with Crippen LogP contribution in [0.3, 0.4) is 0 Å². The zero-order valence-electron chi connectivity index (χ0n) is 24.7. The van der Waals surface area contributed by atoms with E-state index in [9.17, 15) is 18.3 Å². The first-order valence-corrected chi connectivity index (χ1v) is 16.4. The minimum absolute atomic E-state index is 1.22. The summed E-state index contributed by atoms with van der Waals surface area (Å²) in [5.41, 5.74) is 6.69. The van der Waals surface area contributed by atoms with Crippen LogP contribution >= 0.6 is 0 Å². The van der Waals surface area contributed by atoms with Crippen molar-refractivity contribution in [1.29, 1.82) is 0 Å². The predicted molar refractivity (Wildman–Crippen MR) is 158 cm³/mol. The standard InChI is InChI=1S/C30H48N.C2H4O5S/c1-5-6-7-8-9-10-11-12-13-14-15-16-17-18-19-29-20-22-30(23-21-29)31-27(3)24-26(2)25-28(31)4;3-2(4)1-8(5,6)7/h20-25H,5-19H2,1-4H3;1H2,(H,3,4)(H,5,6,7)/q+1;/p-1. The van der Waals surface area contributed by atoms with Gasteiger partial charge >= 0.3 is 0 Å². The maximum atomic E-state index is 9.58. The molecule has 1 aromatic heterocycles. The van der Waals surface area contributed by atoms with Gasteiger partial charge in [-0.3, -0.25) is 4.55 Å². The van der Waals surface area contributed by atoms with E-state index >= 15 is 0 Å². The van der Waals surface area contributed by atoms with E-state index in [0.29, 0.717) is 0 Å². The molecular weight excluding hydrogens is 510 g/mol. The van der Waals surface area contributed by atoms with E-state index in [1.165, 1.54) is 125 Å². The number of benzene rings is 1. The Balaban J connectivity index is 0.000000824. The van der Waals surface area contributed by atoms with Gasteiger partial charge in [0.1, 0.15) is 5.75 Å². The van der Waals surface area contributed by atoms with Crippen molar-refractivity contribution in [3.8, 4) is 5.69 Å². The highest BCUT2D eigenvalue weighted by Crippen LogP contribution is 2.15. The lowest BCUT2D eigenvalue weighted by atomic mass is 10.0. The number of unbranched alkanes of at least 4 members (excludes halogenated alkanes) is 13. The number of aliphatic carboxylic acids is 1. The Morgan fingerprint density at radius 2 is 1.15 bits per heavy atom. The number of carboxylic acid groups (broad SMARTS) is 1. The molecule has 0 aliphatic carbocycles. The Hall–Kier alpha value is -2.25. The van der Waals surface area contributed by atoms with E-state index < -0.39 is 21.8 Å². The van der Waals surface area contributed by atoms with Gasteiger partial charge in [-0.15, -0.1) is 0 Å². The van der Waals surface area contributed by atoms with Crippen LogP contribution in [0, 0.1) is 20.8 Å². The van der Waals surface area contributed by atoms with Crippen LogP contribution in [-0.2, 0) is 21.3 Å². The third-order valence-corrected chi connectivity index (χ3v) is 7.49. The van der Waals surface area contributed by atoms with Crippen molar-refractivity contribution in [2.24, 2.45) is 0 Å². The van der Waals surface area contributed by atoms with Crippen LogP contribution < -0.4 is 9.67 Å². The van der Waals surface area contributed by atoms with Crippen LogP contribution in [0.4, 0.5) is 0 Å². The van der Waals surface area contributed by atoms with Crippen LogP contribution in [0.15, 0.2) is 36.4 Å². The molecule has 7 heteroatoms. The highest BCUT2D eigenvalue weighted by molar-refractivity contribution is 7.86. The molecule has 0 unspecified atom stereocenters. The van der Waals surface area contributed by atoms with Crippen molar-refractivity contribution in [3.63, 3.8) is 0 Å². The topological polar surface area (TPSA) is 98.4 Å². The number of nitrogens with zero attached hydrogens (tertiary/aromatic N) is 1. The lowest BCUT2D eigenvalue weighted by Crippen LogP contribution is -2.37. The molecule has 220 valence electrons. The molecular formula is C32H51NO5S. The molecule has 0 amide bonds. The minimum Gasteiger partial charge on any atom is -0.549 e. The first kappa shape index (κ1) is 34.8. The molecule has 0 aliphatic heterocycles. The molecule has 0 atom stereocenters. The molecule has 0 aliphatic rings. The second-order valence-corrected chi connectivity index (χ2v) is 12.2. The Morgan fingerprint density at radius 3 is 1.51 bits per heavy atom. The van der Waals surface area contributed by atoms with Crippen molar-refractivity contribution < 1.29 is 27.4 Å². The molecule has 1 N–H and O–H groups in total. The summed E-state index contributed by atoms with van der Waals surface area (Å²) in [6.07, 6.45) is 21.2. The minimum atomic E-state index is -4.39. The average molecular weight is 562 g/mol. The summed E-state index contributed by atoms with van der Waals surface area (Å²) >= 11 is 0. The van der Waals surface area contributed by atoms with Crippen molar-refractivity contribution in [3.05, 3.63) is 58.9 Å². The molecule has 2 aromatic rings. The quantitative estimate of drug-likeness (QED) is 0.127. The van der Waals surface area contributed by atoms with Gasteiger partial charge in [-0.1, -0.05) is 103 Å². The van der Waals surface area contributed by atoms with E-state index in [2.05, 4.69) is 68.7 Å². The molecule has 6 nitrogen and oxygen atoms in total. The highest BCUT2D eigenvalue weighted by Gasteiger charge is 2.14. The van der Waals surface area contributed by atoms with Gasteiger partial charge in [-0.25, -0.2) is 0 Å². The van der Waals surface area contributed by atoms with Gasteiger partial charge in [0.15, 0.2) is 11.4 Å². The van der Waals surface area contributed by atoms with Crippen molar-refractivity contribution in [1.82, 2.24) is 0 Å². The first-order chi connectivity index (χ1) is 18.5. The molecule has 39 heavy (non-hydrogen) atoms. The van der Waals surface area contributed by atoms with Crippen LogP contribution in [0.1, 0.15) is 119 Å². The van der Waals surface area contributed by atoms with Gasteiger partial charge < -0.3 is 9.90 Å². The number of pyridine rings is 1. The van der Waals surface area contributed by atoms with E-state index in [1.54, 1.807) is 0 Å². The second kappa shape index (κ2) is 19.8. The summed E-state index contributed by atoms with van der Waals surface area (Å²) in [4.78, 5) is 9.36. The molecule has 0 bridgehead atoms. The van der Waals surface area contributed by atoms with Crippen molar-refractivity contribution in [2.75, 3.05) is 5.75 Å². The summed E-state index contributed by atoms with van der Waals surface area (Å²) in [5, 5.41) is 9.36. The number of carbonyl (C=O) groups is 1. The third kappa shape index (κ3) is 17.1. The van der Waals surface area contributed by atoms with Gasteiger partial charge in [0.05, 0.1) is 5.97 Å². The molecule has 0 spiro atoms. The normalized spacial score (nSPS) is 11.2. The lowest BCUT2D eigenvalue weighted by molar-refractivity contribution is -0.609. The van der Waals surface area contributed by atoms with Gasteiger partial charge in [0.25, 0.3) is 10.1 Å². The molecule has 1 aromatic carbocycles. The fourth-order valence-corrected chi connectivity index (χ4v) is 5.30. The van der Waals surface area contributed by atoms with Crippen LogP contribution in [0.2, 0.25) is 0 Å². The van der Waals surface area contributed by atoms with Crippen LogP contribution in [0.25, 0.3) is 5.69 Å². The van der Waals surface area contributed by atoms with Crippen LogP contribution in [0.5, 0.6) is 0 Å². The summed E-state index contributed by atoms with van der Waals surface area (Å²) in [5.74, 6) is -3.15. The summed E-state index contributed by atoms with van der Waals surface area (Å²) in [6, 6.07) is 13.7. The zero-order valence-corrected chi connectivity index (χ0v) is 25.5. The average Bonchev–Trinajstić information content (AvgIpc) is 2.83. The lowest BCUT2D eigenvalue weighted by Gasteiger charge is -2.06. The van der Waals surface area contributed by atoms with Crippen molar-refractivity contribution >= 4 is 16.1 Å². The summed E-state index contributed by atoms with van der Waals surface area (Å²) in [6.45, 7) is 8.86. The maximum absolute atomic E-state index is 9.58. The zero-order chi connectivity index (χ0) is 29.1. The first-order valence-electron chi connectivity index (χ1n) is 14.8. The molecule has 0 saturated carbocycles. The summed E-state index contributed by atoms with van der Waals surface area (Å²) in [7, 11) is -4.39. The van der Waals surface area contributed by atoms with E-state index in [0.717, 1.165) is 0 Å². The van der Waals surface area contributed by atoms with Gasteiger partial charge in [-0.05, 0) is 30.9 Å². The monoisotopic (exact) mass is 561 g/mol. The number of rotatable bonds is 18. The van der Waals surface area contributed by atoms with E-state index in [4.69, 9.17) is 4.55 Å². The Labute approximate surface area is 237 Å². The van der Waals surface area contributed by atoms with Gasteiger partial charge in [-0.2, -0.15) is 13.0 Å². The fourth-order valence-electron chi connectivity index (χ4n) is 5.00. The number of carboxylic acids is 1. The Kier molecular flexibility index (Phi) is 17.6. The molecule has 1 heterocycles. The van der Waals surface area contributed by atoms with Gasteiger partial charge in [0, 0.05) is 38.1 Å². The molecule has 0 fully saturated rings. The highest BCUT2D eigenvalue weighted by atomic mass is 32.2. The molecule has 2 rings (SSSR count). The van der Waals surface area contributed by atoms with Crippen LogP contribution in [-0.4, -0.2) is 24.7 Å². The SMILES string of the molecule is CCCCCCCCCCCCCCCCc1ccc(-[n+]2c(C)cc(C)cc2C)cc1.O=C([O-])CS(=O)(=O)O. The van der Waals surface area contributed by atoms with Gasteiger partial charge in [0.2, 0.25) is 5.69 Å². The number of hydrogen-bond acceptors (Lipinski definition) is 4. The Bertz CT molecular complexity index is 1040. The second-order valence-electron chi connectivity index (χ2n) is 10.8. The molecule has 0 radical (unpaired) electrons. The fraction of sp³-hybridized carbons (Fsp3) is 0.625. The van der Waals surface area contributed by atoms with E-state index in [1.807, 2.05) is 0 Å². The predicted octanol–water partition coefficient (Wildman–Crippen LogP) is 6.54. The smallest absolute Gasteiger partial charge is 0.270 e. The van der Waals surface area contributed by atoms with E-state index in [-0.39, 0.29) is 0 Å². The number of hydrogen-bond donors (Lipinski definition) is 1. The number of carbonyl (C=O) groups excluding carboxylic acids is 1. The third-order valence-electron chi connectivity index (χ3n) is 6.89. The largest absolute Gasteiger partial charge is 0.549 e. The summed E-state index contributed by atoms with van der Waals surface area (Å²) < 4.78 is 29.2. The molecule has 0 saturated heterocycles. The number of aromatic nitrogens is 1. The number of aryl methyl sites for hydroxylation is 4. The Morgan fingerprint density at radius 1 is 0.744 bits per heavy atom. The van der Waals surface area contributed by atoms with Crippen molar-refractivity contribution in [2.45, 2.75) is 124 Å².